The first-order chi connectivity index (χ1) is 8.72. The summed E-state index contributed by atoms with van der Waals surface area (Å²) < 4.78 is 1.73. The molecule has 0 aliphatic carbocycles. The van der Waals surface area contributed by atoms with Crippen LogP contribution in [-0.2, 0) is 6.54 Å². The van der Waals surface area contributed by atoms with E-state index in [0.29, 0.717) is 11.7 Å². The van der Waals surface area contributed by atoms with Crippen LogP contribution in [0.2, 0.25) is 0 Å². The van der Waals surface area contributed by atoms with Gasteiger partial charge in [-0.3, -0.25) is 4.57 Å². The van der Waals surface area contributed by atoms with E-state index in [1.165, 1.54) is 11.8 Å². The predicted octanol–water partition coefficient (Wildman–Crippen LogP) is 0.641. The minimum absolute atomic E-state index is 0.0818. The standard InChI is InChI=1S/C11H15N5OS/c12-10(15-13)18-7-3-6-16-9-5-2-1-4-8(9)14-11(16)17/h1-2,4-5H,3,6-7,13H2,(H2,12,15)(H,14,17). The predicted molar refractivity (Wildman–Crippen MR) is 75.4 cm³/mol. The highest BCUT2D eigenvalue weighted by Crippen LogP contribution is 2.10. The number of hydrogen-bond donors (Lipinski definition) is 3. The van der Waals surface area contributed by atoms with E-state index < -0.39 is 0 Å². The van der Waals surface area contributed by atoms with Crippen LogP contribution in [0.4, 0.5) is 0 Å². The second-order valence-corrected chi connectivity index (χ2v) is 4.88. The van der Waals surface area contributed by atoms with Crippen molar-refractivity contribution in [2.24, 2.45) is 16.7 Å². The van der Waals surface area contributed by atoms with Gasteiger partial charge < -0.3 is 16.6 Å². The highest BCUT2D eigenvalue weighted by Gasteiger charge is 2.05. The van der Waals surface area contributed by atoms with Gasteiger partial charge in [-0.1, -0.05) is 23.9 Å². The molecule has 0 fully saturated rings. The Kier molecular flexibility index (Phi) is 3.93. The van der Waals surface area contributed by atoms with Crippen LogP contribution < -0.4 is 17.3 Å². The van der Waals surface area contributed by atoms with Crippen LogP contribution in [0.5, 0.6) is 0 Å². The van der Waals surface area contributed by atoms with E-state index in [-0.39, 0.29) is 5.69 Å². The number of aromatic nitrogens is 2. The second kappa shape index (κ2) is 5.63. The Bertz CT molecular complexity index is 615. The summed E-state index contributed by atoms with van der Waals surface area (Å²) in [6, 6.07) is 7.63. The zero-order valence-electron chi connectivity index (χ0n) is 9.80. The quantitative estimate of drug-likeness (QED) is 0.248. The molecule has 0 amide bonds. The van der Waals surface area contributed by atoms with Crippen molar-refractivity contribution in [1.82, 2.24) is 9.55 Å². The molecule has 0 saturated carbocycles. The number of benzene rings is 1. The number of imidazole rings is 1. The molecule has 1 heterocycles. The first kappa shape index (κ1) is 12.6. The van der Waals surface area contributed by atoms with Crippen molar-refractivity contribution in [2.45, 2.75) is 13.0 Å². The molecular weight excluding hydrogens is 250 g/mol. The van der Waals surface area contributed by atoms with Gasteiger partial charge in [0.1, 0.15) is 0 Å². The molecule has 0 aliphatic rings. The van der Waals surface area contributed by atoms with E-state index in [1.54, 1.807) is 4.57 Å². The third kappa shape index (κ3) is 2.67. The number of aromatic amines is 1. The van der Waals surface area contributed by atoms with Crippen molar-refractivity contribution >= 4 is 28.0 Å². The van der Waals surface area contributed by atoms with E-state index >= 15 is 0 Å². The van der Waals surface area contributed by atoms with Gasteiger partial charge in [-0.15, -0.1) is 0 Å². The molecule has 0 spiro atoms. The first-order valence-electron chi connectivity index (χ1n) is 5.56. The summed E-state index contributed by atoms with van der Waals surface area (Å²) in [6.07, 6.45) is 0.822. The fourth-order valence-corrected chi connectivity index (χ4v) is 2.32. The van der Waals surface area contributed by atoms with Gasteiger partial charge in [0.15, 0.2) is 5.17 Å². The molecule has 0 radical (unpaired) electrons. The molecule has 96 valence electrons. The molecule has 0 unspecified atom stereocenters. The van der Waals surface area contributed by atoms with Crippen molar-refractivity contribution in [2.75, 3.05) is 5.75 Å². The summed E-state index contributed by atoms with van der Waals surface area (Å²) in [5.41, 5.74) is 7.17. The summed E-state index contributed by atoms with van der Waals surface area (Å²) in [6.45, 7) is 0.647. The SMILES string of the molecule is NN=C(N)SCCCn1c(=O)[nH]c2ccccc21. The zero-order chi connectivity index (χ0) is 13.0. The number of nitrogens with one attached hydrogen (secondary N) is 1. The Morgan fingerprint density at radius 1 is 1.44 bits per heavy atom. The lowest BCUT2D eigenvalue weighted by molar-refractivity contribution is 0.680. The van der Waals surface area contributed by atoms with Crippen molar-refractivity contribution in [3.05, 3.63) is 34.7 Å². The average molecular weight is 265 g/mol. The number of nitrogens with zero attached hydrogens (tertiary/aromatic N) is 2. The van der Waals surface area contributed by atoms with Crippen molar-refractivity contribution < 1.29 is 0 Å². The van der Waals surface area contributed by atoms with Crippen LogP contribution in [0.3, 0.4) is 0 Å². The van der Waals surface area contributed by atoms with E-state index in [0.717, 1.165) is 23.2 Å². The maximum Gasteiger partial charge on any atom is 0.326 e. The second-order valence-electron chi connectivity index (χ2n) is 3.77. The highest BCUT2D eigenvalue weighted by atomic mass is 32.2. The van der Waals surface area contributed by atoms with Crippen LogP contribution in [0.15, 0.2) is 34.2 Å². The van der Waals surface area contributed by atoms with Gasteiger partial charge >= 0.3 is 5.69 Å². The van der Waals surface area contributed by atoms with Crippen LogP contribution >= 0.6 is 11.8 Å². The number of thioether (sulfide) groups is 1. The lowest BCUT2D eigenvalue weighted by Gasteiger charge is -2.02. The molecule has 0 aliphatic heterocycles. The number of amidine groups is 1. The number of hydrogen-bond acceptors (Lipinski definition) is 4. The Balaban J connectivity index is 2.04. The summed E-state index contributed by atoms with van der Waals surface area (Å²) in [4.78, 5) is 14.6. The minimum atomic E-state index is -0.0818. The molecule has 1 aromatic heterocycles. The van der Waals surface area contributed by atoms with Gasteiger partial charge in [0.25, 0.3) is 0 Å². The molecule has 5 N–H and O–H groups in total. The van der Waals surface area contributed by atoms with Gasteiger partial charge in [-0.25, -0.2) is 4.79 Å². The van der Waals surface area contributed by atoms with Crippen LogP contribution in [0, 0.1) is 0 Å². The Labute approximate surface area is 108 Å². The number of fused-ring (bicyclic) bond motifs is 1. The molecule has 18 heavy (non-hydrogen) atoms. The molecule has 0 bridgehead atoms. The lowest BCUT2D eigenvalue weighted by Crippen LogP contribution is -2.17. The smallest absolute Gasteiger partial charge is 0.326 e. The largest absolute Gasteiger partial charge is 0.377 e. The molecule has 2 rings (SSSR count). The van der Waals surface area contributed by atoms with E-state index in [1.807, 2.05) is 24.3 Å². The third-order valence-electron chi connectivity index (χ3n) is 2.58. The monoisotopic (exact) mass is 265 g/mol. The summed E-state index contributed by atoms with van der Waals surface area (Å²) in [5, 5.41) is 3.74. The normalized spacial score (nSPS) is 12.1. The third-order valence-corrected chi connectivity index (χ3v) is 3.48. The summed E-state index contributed by atoms with van der Waals surface area (Å²) in [7, 11) is 0. The maximum absolute atomic E-state index is 11.8. The van der Waals surface area contributed by atoms with Gasteiger partial charge in [0.05, 0.1) is 11.0 Å². The van der Waals surface area contributed by atoms with Gasteiger partial charge in [-0.2, -0.15) is 5.10 Å². The Morgan fingerprint density at radius 3 is 3.00 bits per heavy atom. The van der Waals surface area contributed by atoms with E-state index in [9.17, 15) is 4.79 Å². The molecule has 0 saturated heterocycles. The summed E-state index contributed by atoms with van der Waals surface area (Å²) >= 11 is 1.39. The van der Waals surface area contributed by atoms with Gasteiger partial charge in [-0.05, 0) is 18.6 Å². The van der Waals surface area contributed by atoms with E-state index in [4.69, 9.17) is 11.6 Å². The molecule has 6 nitrogen and oxygen atoms in total. The van der Waals surface area contributed by atoms with Crippen molar-refractivity contribution in [3.8, 4) is 0 Å². The zero-order valence-corrected chi connectivity index (χ0v) is 10.6. The number of para-hydroxylation sites is 2. The average Bonchev–Trinajstić information content (AvgIpc) is 2.70. The van der Waals surface area contributed by atoms with Crippen LogP contribution in [0.25, 0.3) is 11.0 Å². The van der Waals surface area contributed by atoms with Crippen LogP contribution in [0.1, 0.15) is 6.42 Å². The molecule has 2 aromatic rings. The molecule has 1 aromatic carbocycles. The minimum Gasteiger partial charge on any atom is -0.377 e. The fourth-order valence-electron chi connectivity index (χ4n) is 1.77. The number of rotatable bonds is 4. The lowest BCUT2D eigenvalue weighted by atomic mass is 10.3. The molecule has 0 atom stereocenters. The van der Waals surface area contributed by atoms with Gasteiger partial charge in [0, 0.05) is 12.3 Å². The summed E-state index contributed by atoms with van der Waals surface area (Å²) in [5.74, 6) is 5.81. The number of aryl methyl sites for hydroxylation is 1. The number of hydrazone groups is 1. The topological polar surface area (TPSA) is 102 Å². The number of H-pyrrole nitrogens is 1. The van der Waals surface area contributed by atoms with Gasteiger partial charge in [0.2, 0.25) is 0 Å². The van der Waals surface area contributed by atoms with Crippen molar-refractivity contribution in [1.29, 1.82) is 0 Å². The van der Waals surface area contributed by atoms with E-state index in [2.05, 4.69) is 10.1 Å². The molecular formula is C11H15N5OS. The number of nitrogens with two attached hydrogens (primary N) is 2. The first-order valence-corrected chi connectivity index (χ1v) is 6.54. The van der Waals surface area contributed by atoms with Crippen LogP contribution in [-0.4, -0.2) is 20.5 Å². The maximum atomic E-state index is 11.8. The fraction of sp³-hybridized carbons (Fsp3) is 0.273. The van der Waals surface area contributed by atoms with Crippen molar-refractivity contribution in [3.63, 3.8) is 0 Å². The highest BCUT2D eigenvalue weighted by molar-refractivity contribution is 8.13. The molecule has 7 heteroatoms. The Hall–Kier alpha value is -1.89. The Morgan fingerprint density at radius 2 is 2.22 bits per heavy atom.